The molecule has 4 aromatic carbocycles. The summed E-state index contributed by atoms with van der Waals surface area (Å²) in [5.41, 5.74) is -9.43. The van der Waals surface area contributed by atoms with Gasteiger partial charge in [-0.3, -0.25) is 47.5 Å². The number of ketones is 2. The van der Waals surface area contributed by atoms with Crippen LogP contribution in [-0.4, -0.2) is 162 Å². The number of aryl methyl sites for hydroxylation is 4. The van der Waals surface area contributed by atoms with Crippen LogP contribution in [0.2, 0.25) is 0 Å². The predicted octanol–water partition coefficient (Wildman–Crippen LogP) is 12.6. The first kappa shape index (κ1) is 130. The van der Waals surface area contributed by atoms with E-state index in [1.54, 1.807) is 197 Å². The number of alkyl halides is 4. The molecule has 8 aromatic heterocycles. The van der Waals surface area contributed by atoms with Crippen LogP contribution in [0.15, 0.2) is 160 Å². The second kappa shape index (κ2) is 55.0. The van der Waals surface area contributed by atoms with Gasteiger partial charge in [-0.15, -0.1) is 45.3 Å². The number of aromatic amines is 1. The van der Waals surface area contributed by atoms with Gasteiger partial charge in [0.2, 0.25) is 0 Å². The fourth-order valence-corrected chi connectivity index (χ4v) is 19.2. The number of esters is 3. The molecule has 0 spiro atoms. The number of aromatic nitrogens is 8. The van der Waals surface area contributed by atoms with Crippen LogP contribution in [-0.2, 0) is 146 Å². The van der Waals surface area contributed by atoms with Crippen molar-refractivity contribution >= 4 is 152 Å². The topological polar surface area (TPSA) is 489 Å². The van der Waals surface area contributed by atoms with Gasteiger partial charge in [0.05, 0.1) is 85.1 Å². The van der Waals surface area contributed by atoms with Gasteiger partial charge in [-0.25, -0.2) is 101 Å². The van der Waals surface area contributed by atoms with Crippen LogP contribution >= 0.6 is 61.3 Å². The molecule has 48 heteroatoms. The Morgan fingerprint density at radius 2 is 0.640 bits per heavy atom. The monoisotopic (exact) mass is 2240 g/mol. The molecule has 0 aliphatic heterocycles. The molecule has 5 N–H and O–H groups in total. The van der Waals surface area contributed by atoms with Gasteiger partial charge in [-0.05, 0) is 206 Å². The van der Waals surface area contributed by atoms with E-state index in [1.807, 2.05) is 42.5 Å². The van der Waals surface area contributed by atoms with Crippen LogP contribution in [0.25, 0.3) is 40.9 Å². The molecule has 2 unspecified atom stereocenters. The molecule has 3 radical (unpaired) electrons. The van der Waals surface area contributed by atoms with E-state index in [0.717, 1.165) is 28.7 Å². The number of carbonyl (C=O) groups excluding carboxylic acids is 5. The molecule has 0 fully saturated rings. The number of rotatable bonds is 35. The second-order valence-electron chi connectivity index (χ2n) is 38.1. The van der Waals surface area contributed by atoms with E-state index in [0.29, 0.717) is 110 Å². The molecular weight excluding hydrogens is 2120 g/mol. The largest absolute Gasteiger partial charge is 1.00 e. The number of halogens is 4. The molecule has 2 atom stereocenters. The number of nitrogens with one attached hydrogen (secondary N) is 1. The number of nitrogens with zero attached hydrogens (tertiary/aromatic N) is 7. The third kappa shape index (κ3) is 32.4. The fourth-order valence-electron chi connectivity index (χ4n) is 14.2. The number of Topliss-reactive ketones (excluding diaryl/α,β-unsaturated/α-hetero) is 2. The van der Waals surface area contributed by atoms with Crippen molar-refractivity contribution in [2.45, 2.75) is 276 Å². The number of fused-ring (bicyclic) bond motifs is 4. The number of hydrogen-bond acceptors (Lipinski definition) is 32. The Balaban J connectivity index is 0.000000396. The number of ether oxygens (including phenoxy) is 3. The summed E-state index contributed by atoms with van der Waals surface area (Å²) in [6, 6.07) is 35.5. The zero-order chi connectivity index (χ0) is 111. The standard InChI is InChI=1S/C26H34N2O7S.C26H32N2O7S.C22H26N2O7S.C18H26N2O6S.C8H7BrO.C2HF3O2.B.Na.H/c2*1-8-33-34-15-19-16(2)20-21(30)28(26(6,7)23(31)35-25(3,4)5)24(32)27(22(20)36-19)14-18(29)17-12-10-9-11-13-17;1-5-30-31-12-16-13(2)17-18(26)24(22(3,4)20(27)28)21(29)23(19(17)32-16)11-15(25)14-9-7-6-8-10-14;1-8-24-25-9-11-10(2)12-13(27-11)19-16(23)20(14(12)21)18(6,7)15(22)26-17(3,4)5;9-6-8(10)7-4-2-1-3-5-7;3-2(4,5)1(6)7;;;/h9-13,18,29H,8,14-15H2,1-7H3;9-13H,8,14-15H2,1-7H3;6-10,15,25H,5,11-12H2,1-4H3,(H,27,28);8-9H2,1-7H3,(H,19,23);1-5H,6H2;(H,6,7);;;/q;;;;;;;+1;-1. The van der Waals surface area contributed by atoms with Gasteiger partial charge >= 0.3 is 88.3 Å². The minimum atomic E-state index is -5.08. The van der Waals surface area contributed by atoms with E-state index in [4.69, 9.17) is 63.2 Å². The normalized spacial score (nSPS) is 12.3. The maximum Gasteiger partial charge on any atom is 1.00 e. The number of aliphatic hydroxyl groups is 2. The average Bonchev–Trinajstić information content (AvgIpc) is 1.61. The Morgan fingerprint density at radius 3 is 0.927 bits per heavy atom. The van der Waals surface area contributed by atoms with Crippen molar-refractivity contribution in [1.29, 1.82) is 0 Å². The fraction of sp³-hybridized carbons (Fsp3) is 0.461. The van der Waals surface area contributed by atoms with Crippen LogP contribution in [0.4, 0.5) is 13.2 Å². The van der Waals surface area contributed by atoms with E-state index in [1.165, 1.54) is 114 Å². The summed E-state index contributed by atoms with van der Waals surface area (Å²) >= 11 is 7.93. The molecule has 8 heterocycles. The molecule has 0 bridgehead atoms. The van der Waals surface area contributed by atoms with Crippen molar-refractivity contribution in [3.8, 4) is 0 Å². The zero-order valence-corrected chi connectivity index (χ0v) is 95.3. The Morgan fingerprint density at radius 1 is 0.380 bits per heavy atom. The first-order valence-electron chi connectivity index (χ1n) is 46.4. The minimum absolute atomic E-state index is 0. The summed E-state index contributed by atoms with van der Waals surface area (Å²) in [5.74, 6) is -6.36. The molecule has 811 valence electrons. The Hall–Kier alpha value is -10.9. The number of carboxylic acids is 2. The number of carboxylic acid groups (broad SMARTS) is 2. The Labute approximate surface area is 910 Å². The third-order valence-electron chi connectivity index (χ3n) is 22.0. The van der Waals surface area contributed by atoms with Gasteiger partial charge in [-0.2, -0.15) is 13.2 Å². The molecule has 38 nitrogen and oxygen atoms in total. The summed E-state index contributed by atoms with van der Waals surface area (Å²) in [6.45, 7) is 42.3. The van der Waals surface area contributed by atoms with Crippen molar-refractivity contribution in [3.63, 3.8) is 0 Å². The molecule has 12 rings (SSSR count). The van der Waals surface area contributed by atoms with E-state index in [-0.39, 0.29) is 113 Å². The van der Waals surface area contributed by atoms with E-state index < -0.39 is 132 Å². The van der Waals surface area contributed by atoms with Crippen molar-refractivity contribution in [2.75, 3.05) is 31.8 Å². The summed E-state index contributed by atoms with van der Waals surface area (Å²) in [7, 11) is 0. The molecular formula is C102H127BBrF3N8NaO30S4. The summed E-state index contributed by atoms with van der Waals surface area (Å²) in [6.07, 6.45) is -7.14. The van der Waals surface area contributed by atoms with Crippen molar-refractivity contribution in [2.24, 2.45) is 0 Å². The van der Waals surface area contributed by atoms with Crippen molar-refractivity contribution < 1.29 is 151 Å². The van der Waals surface area contributed by atoms with Crippen LogP contribution in [0, 0.1) is 27.7 Å². The first-order valence-corrected chi connectivity index (χ1v) is 50.8. The predicted molar refractivity (Wildman–Crippen MR) is 564 cm³/mol. The van der Waals surface area contributed by atoms with Gasteiger partial charge in [0, 0.05) is 39.0 Å². The van der Waals surface area contributed by atoms with Crippen LogP contribution < -0.4 is 74.6 Å². The average molecular weight is 2240 g/mol. The van der Waals surface area contributed by atoms with E-state index >= 15 is 0 Å². The zero-order valence-electron chi connectivity index (χ0n) is 89.4. The van der Waals surface area contributed by atoms with Crippen molar-refractivity contribution in [3.05, 3.63) is 269 Å². The number of hydrogen-bond donors (Lipinski definition) is 5. The first-order chi connectivity index (χ1) is 68.9. The molecule has 0 amide bonds. The van der Waals surface area contributed by atoms with Crippen LogP contribution in [0.3, 0.4) is 0 Å². The van der Waals surface area contributed by atoms with Gasteiger partial charge in [-0.1, -0.05) is 137 Å². The molecule has 150 heavy (non-hydrogen) atoms. The number of carbonyl (C=O) groups is 7. The molecule has 0 aliphatic rings. The third-order valence-corrected chi connectivity index (χ3v) is 27.5. The second-order valence-corrected chi connectivity index (χ2v) is 43.0. The number of aliphatic carboxylic acids is 2. The van der Waals surface area contributed by atoms with Crippen LogP contribution in [0.5, 0.6) is 0 Å². The van der Waals surface area contributed by atoms with E-state index in [9.17, 15) is 95.6 Å². The smallest absolute Gasteiger partial charge is 1.00 e. The number of H-pyrrole nitrogens is 1. The molecule has 12 aromatic rings. The Kier molecular flexibility index (Phi) is 47.5. The number of thiophene rings is 4. The van der Waals surface area contributed by atoms with Crippen molar-refractivity contribution in [1.82, 2.24) is 37.0 Å². The maximum atomic E-state index is 13.8. The molecule has 0 saturated heterocycles. The summed E-state index contributed by atoms with van der Waals surface area (Å²) in [5, 5.41) is 40.0. The van der Waals surface area contributed by atoms with Gasteiger partial charge in [0.25, 0.3) is 22.2 Å². The van der Waals surface area contributed by atoms with Gasteiger partial charge in [0.1, 0.15) is 84.7 Å². The Bertz CT molecular complexity index is 7280. The maximum absolute atomic E-state index is 13.8. The summed E-state index contributed by atoms with van der Waals surface area (Å²) in [4.78, 5) is 239. The van der Waals surface area contributed by atoms with Gasteiger partial charge < -0.3 is 36.1 Å². The number of benzene rings is 4. The molecule has 0 aliphatic carbocycles. The SMILES string of the molecule is CCOOCc1sc2[nH]c(=O)n(C(C)(C)C(=O)OC(C)(C)C)c(=O)c2c1C.CCOOCc1sc2c(c1C)c(=O)n(C(C)(C)C(=O)O)c(=O)n2CC(O)c1ccccc1.CCOOCc1sc2c(c1C)c(=O)n(C(C)(C)C(=O)OC(C)(C)C)c(=O)n2CC(=O)c1ccccc1.CCOOCc1sc2c(c1C)c(=O)n(C(C)(C)C(=O)OC(C)(C)C)c(=O)n2CC(O)c1ccccc1.O=C(CBr)c1ccccc1.O=C(O)C(F)(F)F.[B].[H-].[Na+]. The number of aliphatic hydroxyl groups excluding tert-OH is 2. The quantitative estimate of drug-likeness (QED) is 0.00360. The summed E-state index contributed by atoms with van der Waals surface area (Å²) < 4.78 is 55.5. The van der Waals surface area contributed by atoms with E-state index in [2.05, 4.69) is 20.9 Å². The van der Waals surface area contributed by atoms with Gasteiger partial charge in [0.15, 0.2) is 11.6 Å². The minimum Gasteiger partial charge on any atom is -1.00 e. The molecule has 0 saturated carbocycles. The van der Waals surface area contributed by atoms with Crippen LogP contribution in [0.1, 0.15) is 233 Å².